The molecule has 0 saturated carbocycles. The third-order valence-corrected chi connectivity index (χ3v) is 4.64. The first-order valence-corrected chi connectivity index (χ1v) is 9.25. The van der Waals surface area contributed by atoms with E-state index in [1.807, 2.05) is 18.2 Å². The minimum Gasteiger partial charge on any atom is -0.436 e. The number of anilines is 1. The summed E-state index contributed by atoms with van der Waals surface area (Å²) in [6.45, 7) is 4.22. The molecule has 0 atom stereocenters. The van der Waals surface area contributed by atoms with Crippen LogP contribution in [0.1, 0.15) is 25.3 Å². The Balaban J connectivity index is 1.98. The monoisotopic (exact) mass is 430 g/mol. The Kier molecular flexibility index (Phi) is 5.40. The predicted molar refractivity (Wildman–Crippen MR) is 107 cm³/mol. The van der Waals surface area contributed by atoms with Crippen molar-refractivity contribution in [2.75, 3.05) is 5.32 Å². The number of hydrogen-bond donors (Lipinski definition) is 1. The van der Waals surface area contributed by atoms with Crippen molar-refractivity contribution >= 4 is 69.1 Å². The number of halogens is 4. The Morgan fingerprint density at radius 1 is 1.15 bits per heavy atom. The molecular weight excluding hydrogens is 418 g/mol. The fraction of sp³-hybridized carbons (Fsp3) is 0.222. The molecule has 0 aliphatic heterocycles. The first-order chi connectivity index (χ1) is 12.1. The molecule has 0 unspecified atom stereocenters. The zero-order valence-electron chi connectivity index (χ0n) is 13.8. The van der Waals surface area contributed by atoms with Gasteiger partial charge in [-0.1, -0.05) is 66.3 Å². The van der Waals surface area contributed by atoms with Crippen molar-refractivity contribution in [2.45, 2.75) is 23.6 Å². The number of benzene rings is 2. The number of amides is 1. The maximum absolute atomic E-state index is 11.9. The largest absolute Gasteiger partial charge is 0.436 e. The average molecular weight is 432 g/mol. The van der Waals surface area contributed by atoms with Crippen LogP contribution in [0.4, 0.5) is 5.69 Å². The summed E-state index contributed by atoms with van der Waals surface area (Å²) in [6, 6.07) is 10.9. The van der Waals surface area contributed by atoms with Crippen LogP contribution in [0.3, 0.4) is 0 Å². The number of fused-ring (bicyclic) bond motifs is 1. The smallest absolute Gasteiger partial charge is 0.276 e. The van der Waals surface area contributed by atoms with Crippen LogP contribution in [0.2, 0.25) is 5.02 Å². The lowest BCUT2D eigenvalue weighted by Crippen LogP contribution is -2.27. The summed E-state index contributed by atoms with van der Waals surface area (Å²) in [7, 11) is 0. The number of nitrogens with one attached hydrogen (secondary N) is 1. The van der Waals surface area contributed by atoms with Crippen LogP contribution in [0.25, 0.3) is 22.6 Å². The van der Waals surface area contributed by atoms with Crippen LogP contribution < -0.4 is 5.32 Å². The number of aromatic nitrogens is 1. The van der Waals surface area contributed by atoms with E-state index in [0.29, 0.717) is 33.7 Å². The molecule has 4 nitrogen and oxygen atoms in total. The standard InChI is InChI=1S/C18H14Cl4N2O2/c1-9(2)10-4-6-15-14(7-10)23-16(26-15)11-3-5-12(19)13(8-11)24-17(25)18(20,21)22/h3-9H,1-2H3,(H,24,25). The van der Waals surface area contributed by atoms with Crippen molar-refractivity contribution in [2.24, 2.45) is 0 Å². The second-order valence-corrected chi connectivity index (χ2v) is 8.74. The normalized spacial score (nSPS) is 12.0. The lowest BCUT2D eigenvalue weighted by Gasteiger charge is -2.13. The minimum atomic E-state index is -2.09. The van der Waals surface area contributed by atoms with Gasteiger partial charge in [0.05, 0.1) is 10.7 Å². The lowest BCUT2D eigenvalue weighted by atomic mass is 10.0. The summed E-state index contributed by atoms with van der Waals surface area (Å²) in [5.74, 6) is -0.0125. The van der Waals surface area contributed by atoms with E-state index in [2.05, 4.69) is 24.1 Å². The number of rotatable bonds is 3. The van der Waals surface area contributed by atoms with Gasteiger partial charge in [-0.05, 0) is 41.8 Å². The minimum absolute atomic E-state index is 0.297. The summed E-state index contributed by atoms with van der Waals surface area (Å²) in [4.78, 5) is 16.4. The molecule has 1 amide bonds. The van der Waals surface area contributed by atoms with E-state index in [-0.39, 0.29) is 0 Å². The van der Waals surface area contributed by atoms with Gasteiger partial charge < -0.3 is 9.73 Å². The summed E-state index contributed by atoms with van der Waals surface area (Å²) >= 11 is 22.9. The number of oxazole rings is 1. The fourth-order valence-corrected chi connectivity index (χ4v) is 2.68. The van der Waals surface area contributed by atoms with E-state index >= 15 is 0 Å². The average Bonchev–Trinajstić information content (AvgIpc) is 2.98. The molecule has 1 heterocycles. The maximum Gasteiger partial charge on any atom is 0.276 e. The third kappa shape index (κ3) is 4.09. The summed E-state index contributed by atoms with van der Waals surface area (Å²) < 4.78 is 3.72. The molecule has 0 aliphatic carbocycles. The highest BCUT2D eigenvalue weighted by Gasteiger charge is 2.31. The van der Waals surface area contributed by atoms with Gasteiger partial charge in [0, 0.05) is 5.56 Å². The molecule has 0 spiro atoms. The Morgan fingerprint density at radius 2 is 1.88 bits per heavy atom. The van der Waals surface area contributed by atoms with Crippen LogP contribution in [0.5, 0.6) is 0 Å². The molecule has 3 rings (SSSR count). The first kappa shape index (κ1) is 19.3. The number of carbonyl (C=O) groups is 1. The van der Waals surface area contributed by atoms with Gasteiger partial charge in [0.2, 0.25) is 5.89 Å². The van der Waals surface area contributed by atoms with Gasteiger partial charge in [-0.2, -0.15) is 0 Å². The molecule has 0 saturated heterocycles. The van der Waals surface area contributed by atoms with Crippen molar-refractivity contribution in [3.8, 4) is 11.5 Å². The Morgan fingerprint density at radius 3 is 2.54 bits per heavy atom. The van der Waals surface area contributed by atoms with E-state index in [1.54, 1.807) is 18.2 Å². The highest BCUT2D eigenvalue weighted by atomic mass is 35.6. The number of hydrogen-bond acceptors (Lipinski definition) is 3. The van der Waals surface area contributed by atoms with Gasteiger partial charge in [0.25, 0.3) is 9.70 Å². The van der Waals surface area contributed by atoms with Crippen molar-refractivity contribution in [1.82, 2.24) is 4.98 Å². The molecule has 0 bridgehead atoms. The van der Waals surface area contributed by atoms with E-state index in [9.17, 15) is 4.79 Å². The van der Waals surface area contributed by atoms with E-state index in [4.69, 9.17) is 50.8 Å². The van der Waals surface area contributed by atoms with Gasteiger partial charge >= 0.3 is 0 Å². The fourth-order valence-electron chi connectivity index (χ4n) is 2.37. The SMILES string of the molecule is CC(C)c1ccc2oc(-c3ccc(Cl)c(NC(=O)C(Cl)(Cl)Cl)c3)nc2c1. The molecule has 1 aromatic heterocycles. The first-order valence-electron chi connectivity index (χ1n) is 7.73. The third-order valence-electron chi connectivity index (χ3n) is 3.80. The summed E-state index contributed by atoms with van der Waals surface area (Å²) in [6.07, 6.45) is 0. The molecule has 136 valence electrons. The van der Waals surface area contributed by atoms with Crippen molar-refractivity contribution in [1.29, 1.82) is 0 Å². The van der Waals surface area contributed by atoms with Crippen LogP contribution in [0.15, 0.2) is 40.8 Å². The zero-order chi connectivity index (χ0) is 19.1. The Hall–Kier alpha value is -1.46. The molecule has 0 aliphatic rings. The second kappa shape index (κ2) is 7.28. The highest BCUT2D eigenvalue weighted by Crippen LogP contribution is 2.33. The molecule has 8 heteroatoms. The van der Waals surface area contributed by atoms with Gasteiger partial charge in [-0.25, -0.2) is 4.98 Å². The molecular formula is C18H14Cl4N2O2. The molecule has 1 N–H and O–H groups in total. The predicted octanol–water partition coefficient (Wildman–Crippen LogP) is 6.58. The van der Waals surface area contributed by atoms with Crippen molar-refractivity contribution in [3.63, 3.8) is 0 Å². The topological polar surface area (TPSA) is 55.1 Å². The van der Waals surface area contributed by atoms with Crippen LogP contribution >= 0.6 is 46.4 Å². The zero-order valence-corrected chi connectivity index (χ0v) is 16.8. The molecule has 0 fully saturated rings. The van der Waals surface area contributed by atoms with E-state index in [1.165, 1.54) is 5.56 Å². The second-order valence-electron chi connectivity index (χ2n) is 6.05. The van der Waals surface area contributed by atoms with Crippen molar-refractivity contribution < 1.29 is 9.21 Å². The number of carbonyl (C=O) groups excluding carboxylic acids is 1. The van der Waals surface area contributed by atoms with Gasteiger partial charge in [0.15, 0.2) is 5.58 Å². The molecule has 2 aromatic carbocycles. The van der Waals surface area contributed by atoms with Gasteiger partial charge in [0.1, 0.15) is 5.52 Å². The van der Waals surface area contributed by atoms with Crippen molar-refractivity contribution in [3.05, 3.63) is 47.0 Å². The molecule has 0 radical (unpaired) electrons. The summed E-state index contributed by atoms with van der Waals surface area (Å²) in [5, 5.41) is 2.78. The Bertz CT molecular complexity index is 977. The molecule has 3 aromatic rings. The quantitative estimate of drug-likeness (QED) is 0.476. The summed E-state index contributed by atoms with van der Waals surface area (Å²) in [5.41, 5.74) is 3.53. The van der Waals surface area contributed by atoms with Gasteiger partial charge in [-0.3, -0.25) is 4.79 Å². The highest BCUT2D eigenvalue weighted by molar-refractivity contribution is 6.76. The van der Waals surface area contributed by atoms with E-state index < -0.39 is 9.70 Å². The van der Waals surface area contributed by atoms with E-state index in [0.717, 1.165) is 5.52 Å². The Labute approximate surface area is 170 Å². The van der Waals surface area contributed by atoms with Crippen LogP contribution in [-0.2, 0) is 4.79 Å². The number of alkyl halides is 3. The van der Waals surface area contributed by atoms with Crippen LogP contribution in [-0.4, -0.2) is 14.7 Å². The lowest BCUT2D eigenvalue weighted by molar-refractivity contribution is -0.115. The maximum atomic E-state index is 11.9. The van der Waals surface area contributed by atoms with Gasteiger partial charge in [-0.15, -0.1) is 0 Å². The van der Waals surface area contributed by atoms with Crippen LogP contribution in [0, 0.1) is 0 Å². The number of nitrogens with zero attached hydrogens (tertiary/aromatic N) is 1. The molecule has 26 heavy (non-hydrogen) atoms.